The Kier molecular flexibility index (Phi) is 4.99. The van der Waals surface area contributed by atoms with Gasteiger partial charge in [-0.2, -0.15) is 0 Å². The lowest BCUT2D eigenvalue weighted by Gasteiger charge is -2.38. The number of nitrogens with one attached hydrogen (secondary N) is 1. The molecule has 1 N–H and O–H groups in total. The van der Waals surface area contributed by atoms with Crippen LogP contribution in [0.3, 0.4) is 0 Å². The highest BCUT2D eigenvalue weighted by Crippen LogP contribution is 2.35. The molecule has 1 atom stereocenters. The summed E-state index contributed by atoms with van der Waals surface area (Å²) in [6.07, 6.45) is 1.97. The summed E-state index contributed by atoms with van der Waals surface area (Å²) in [5.74, 6) is 1.22. The van der Waals surface area contributed by atoms with E-state index in [9.17, 15) is 0 Å². The lowest BCUT2D eigenvalue weighted by atomic mass is 9.74. The fourth-order valence-corrected chi connectivity index (χ4v) is 3.18. The van der Waals surface area contributed by atoms with Gasteiger partial charge in [0.05, 0.1) is 6.04 Å². The second-order valence-corrected chi connectivity index (χ2v) is 6.60. The molecule has 1 aliphatic heterocycles. The van der Waals surface area contributed by atoms with E-state index in [0.717, 1.165) is 37.6 Å². The third-order valence-electron chi connectivity index (χ3n) is 4.57. The first kappa shape index (κ1) is 16.4. The molecule has 0 amide bonds. The maximum atomic E-state index is 6.04. The molecule has 23 heavy (non-hydrogen) atoms. The number of nitrogens with zero attached hydrogens (tertiary/aromatic N) is 2. The quantitative estimate of drug-likeness (QED) is 0.907. The van der Waals surface area contributed by atoms with Crippen LogP contribution in [-0.2, 0) is 10.2 Å². The summed E-state index contributed by atoms with van der Waals surface area (Å²) in [7, 11) is 0. The Labute approximate surface area is 141 Å². The molecule has 0 radical (unpaired) electrons. The number of halogens is 1. The van der Waals surface area contributed by atoms with E-state index in [2.05, 4.69) is 27.6 Å². The number of hydrogen-bond donors (Lipinski definition) is 1. The second-order valence-electron chi connectivity index (χ2n) is 6.16. The molecule has 5 nitrogen and oxygen atoms in total. The molecule has 0 aliphatic carbocycles. The molecule has 1 aromatic carbocycles. The number of benzene rings is 1. The topological polar surface area (TPSA) is 60.2 Å². The van der Waals surface area contributed by atoms with E-state index < -0.39 is 0 Å². The van der Waals surface area contributed by atoms with Crippen molar-refractivity contribution in [3.63, 3.8) is 0 Å². The van der Waals surface area contributed by atoms with Crippen molar-refractivity contribution in [1.29, 1.82) is 0 Å². The molecule has 0 spiro atoms. The second kappa shape index (κ2) is 6.99. The Balaban J connectivity index is 1.75. The van der Waals surface area contributed by atoms with Crippen molar-refractivity contribution in [2.75, 3.05) is 19.8 Å². The van der Waals surface area contributed by atoms with Crippen molar-refractivity contribution < 1.29 is 9.15 Å². The van der Waals surface area contributed by atoms with Crippen LogP contribution in [-0.4, -0.2) is 30.0 Å². The van der Waals surface area contributed by atoms with E-state index >= 15 is 0 Å². The number of aromatic nitrogens is 2. The smallest absolute Gasteiger partial charge is 0.233 e. The van der Waals surface area contributed by atoms with Crippen LogP contribution < -0.4 is 5.32 Å². The van der Waals surface area contributed by atoms with Crippen molar-refractivity contribution in [2.24, 2.45) is 0 Å². The fourth-order valence-electron chi connectivity index (χ4n) is 3.06. The van der Waals surface area contributed by atoms with Crippen molar-refractivity contribution in [1.82, 2.24) is 15.5 Å². The first-order valence-corrected chi connectivity index (χ1v) is 8.34. The standard InChI is InChI=1S/C17H22ClN3O2/c1-12(16-21-20-13(2)23-16)19-11-17(7-9-22-10-8-17)14-3-5-15(18)6-4-14/h3-6,12,19H,7-11H2,1-2H3/t12-/m0/s1. The zero-order valence-corrected chi connectivity index (χ0v) is 14.3. The minimum atomic E-state index is 0.0169. The van der Waals surface area contributed by atoms with Crippen molar-refractivity contribution in [3.8, 4) is 0 Å². The SMILES string of the molecule is Cc1nnc([C@H](C)NCC2(c3ccc(Cl)cc3)CCOCC2)o1. The first-order chi connectivity index (χ1) is 11.1. The highest BCUT2D eigenvalue weighted by atomic mass is 35.5. The van der Waals surface area contributed by atoms with Crippen molar-refractivity contribution in [2.45, 2.75) is 38.1 Å². The van der Waals surface area contributed by atoms with E-state index in [-0.39, 0.29) is 11.5 Å². The minimum absolute atomic E-state index is 0.0169. The third kappa shape index (κ3) is 3.74. The zero-order chi connectivity index (χ0) is 16.3. The summed E-state index contributed by atoms with van der Waals surface area (Å²) in [4.78, 5) is 0. The number of rotatable bonds is 5. The zero-order valence-electron chi connectivity index (χ0n) is 13.5. The Morgan fingerprint density at radius 1 is 1.22 bits per heavy atom. The molecule has 3 rings (SSSR count). The Bertz CT molecular complexity index is 636. The van der Waals surface area contributed by atoms with Crippen LogP contribution in [0.2, 0.25) is 5.02 Å². The Hall–Kier alpha value is -1.43. The van der Waals surface area contributed by atoms with E-state index in [1.54, 1.807) is 6.92 Å². The number of hydrogen-bond acceptors (Lipinski definition) is 5. The van der Waals surface area contributed by atoms with Gasteiger partial charge in [-0.15, -0.1) is 10.2 Å². The average molecular weight is 336 g/mol. The molecule has 124 valence electrons. The summed E-state index contributed by atoms with van der Waals surface area (Å²) in [6.45, 7) is 6.23. The van der Waals surface area contributed by atoms with Crippen LogP contribution in [0.5, 0.6) is 0 Å². The van der Waals surface area contributed by atoms with Gasteiger partial charge in [0, 0.05) is 37.1 Å². The minimum Gasteiger partial charge on any atom is -0.424 e. The molecule has 1 aromatic heterocycles. The van der Waals surface area contributed by atoms with E-state index in [0.29, 0.717) is 11.8 Å². The van der Waals surface area contributed by atoms with Crippen molar-refractivity contribution in [3.05, 3.63) is 46.6 Å². The summed E-state index contributed by atoms with van der Waals surface area (Å²) in [5, 5.41) is 12.3. The van der Waals surface area contributed by atoms with Gasteiger partial charge in [0.2, 0.25) is 11.8 Å². The summed E-state index contributed by atoms with van der Waals surface area (Å²) >= 11 is 6.04. The average Bonchev–Trinajstić information content (AvgIpc) is 3.01. The van der Waals surface area contributed by atoms with Gasteiger partial charge in [-0.1, -0.05) is 23.7 Å². The molecule has 1 saturated heterocycles. The fraction of sp³-hybridized carbons (Fsp3) is 0.529. The van der Waals surface area contributed by atoms with E-state index in [4.69, 9.17) is 20.8 Å². The van der Waals surface area contributed by atoms with E-state index in [1.807, 2.05) is 19.1 Å². The summed E-state index contributed by atoms with van der Waals surface area (Å²) < 4.78 is 11.1. The van der Waals surface area contributed by atoms with Gasteiger partial charge in [-0.05, 0) is 37.5 Å². The predicted octanol–water partition coefficient (Wildman–Crippen LogP) is 3.43. The van der Waals surface area contributed by atoms with Crippen molar-refractivity contribution >= 4 is 11.6 Å². The number of aryl methyl sites for hydroxylation is 1. The molecule has 2 heterocycles. The molecule has 0 unspecified atom stereocenters. The van der Waals surface area contributed by atoms with Gasteiger partial charge < -0.3 is 14.5 Å². The van der Waals surface area contributed by atoms with Gasteiger partial charge in [-0.3, -0.25) is 0 Å². The third-order valence-corrected chi connectivity index (χ3v) is 4.82. The van der Waals surface area contributed by atoms with Crippen LogP contribution in [0.1, 0.15) is 43.2 Å². The normalized spacial score (nSPS) is 18.7. The highest BCUT2D eigenvalue weighted by Gasteiger charge is 2.35. The Morgan fingerprint density at radius 3 is 2.52 bits per heavy atom. The Morgan fingerprint density at radius 2 is 1.91 bits per heavy atom. The van der Waals surface area contributed by atoms with Gasteiger partial charge in [-0.25, -0.2) is 0 Å². The molecular weight excluding hydrogens is 314 g/mol. The maximum Gasteiger partial charge on any atom is 0.233 e. The van der Waals surface area contributed by atoms with Gasteiger partial charge in [0.1, 0.15) is 0 Å². The molecule has 1 fully saturated rings. The van der Waals surface area contributed by atoms with Gasteiger partial charge >= 0.3 is 0 Å². The molecule has 0 bridgehead atoms. The van der Waals surface area contributed by atoms with Crippen LogP contribution in [0, 0.1) is 6.92 Å². The molecular formula is C17H22ClN3O2. The predicted molar refractivity (Wildman–Crippen MR) is 88.6 cm³/mol. The summed E-state index contributed by atoms with van der Waals surface area (Å²) in [6, 6.07) is 8.18. The molecule has 2 aromatic rings. The number of ether oxygens (including phenoxy) is 1. The van der Waals surface area contributed by atoms with Gasteiger partial charge in [0.15, 0.2) is 0 Å². The largest absolute Gasteiger partial charge is 0.424 e. The van der Waals surface area contributed by atoms with Gasteiger partial charge in [0.25, 0.3) is 0 Å². The molecule has 1 aliphatic rings. The lowest BCUT2D eigenvalue weighted by molar-refractivity contribution is 0.0487. The molecule has 0 saturated carbocycles. The van der Waals surface area contributed by atoms with Crippen LogP contribution in [0.25, 0.3) is 0 Å². The van der Waals surface area contributed by atoms with Crippen LogP contribution in [0.4, 0.5) is 0 Å². The summed E-state index contributed by atoms with van der Waals surface area (Å²) in [5.41, 5.74) is 1.35. The van der Waals surface area contributed by atoms with Crippen LogP contribution in [0.15, 0.2) is 28.7 Å². The van der Waals surface area contributed by atoms with E-state index in [1.165, 1.54) is 5.56 Å². The first-order valence-electron chi connectivity index (χ1n) is 7.96. The lowest BCUT2D eigenvalue weighted by Crippen LogP contribution is -2.43. The maximum absolute atomic E-state index is 6.04. The monoisotopic (exact) mass is 335 g/mol. The van der Waals surface area contributed by atoms with Crippen LogP contribution >= 0.6 is 11.6 Å². The molecule has 6 heteroatoms. The highest BCUT2D eigenvalue weighted by molar-refractivity contribution is 6.30.